The quantitative estimate of drug-likeness (QED) is 0.428. The summed E-state index contributed by atoms with van der Waals surface area (Å²) in [4.78, 5) is 12.0. The van der Waals surface area contributed by atoms with Crippen LogP contribution in [0.25, 0.3) is 0 Å². The third-order valence-corrected chi connectivity index (χ3v) is 9.46. The van der Waals surface area contributed by atoms with Gasteiger partial charge in [0.25, 0.3) is 8.32 Å². The zero-order chi connectivity index (χ0) is 19.3. The zero-order valence-corrected chi connectivity index (χ0v) is 17.3. The van der Waals surface area contributed by atoms with E-state index in [9.17, 15) is 4.79 Å². The molecular formula is C24H28O2Si. The highest BCUT2D eigenvalue weighted by atomic mass is 28.4. The third kappa shape index (κ3) is 4.04. The van der Waals surface area contributed by atoms with Gasteiger partial charge >= 0.3 is 0 Å². The molecule has 2 aromatic carbocycles. The maximum Gasteiger partial charge on any atom is 0.267 e. The lowest BCUT2D eigenvalue weighted by Gasteiger charge is -2.42. The van der Waals surface area contributed by atoms with Gasteiger partial charge in [-0.2, -0.15) is 0 Å². The fraction of sp³-hybridized carbons (Fsp3) is 0.292. The molecular weight excluding hydrogens is 348 g/mol. The SMILES string of the molecule is CC(C)(C)C(C=O)O[Si](c1ccccc1)(c1ccccc1)C1C=CCC=C1. The van der Waals surface area contributed by atoms with Crippen LogP contribution in [0.15, 0.2) is 85.0 Å². The van der Waals surface area contributed by atoms with E-state index in [1.165, 1.54) is 10.4 Å². The predicted octanol–water partition coefficient (Wildman–Crippen LogP) is 4.26. The normalized spacial score (nSPS) is 16.3. The minimum absolute atomic E-state index is 0.140. The average Bonchev–Trinajstić information content (AvgIpc) is 2.70. The first-order valence-corrected chi connectivity index (χ1v) is 11.5. The lowest BCUT2D eigenvalue weighted by molar-refractivity contribution is -0.118. The predicted molar refractivity (Wildman–Crippen MR) is 115 cm³/mol. The number of allylic oxidation sites excluding steroid dienone is 4. The van der Waals surface area contributed by atoms with Gasteiger partial charge in [0.1, 0.15) is 12.4 Å². The molecule has 140 valence electrons. The zero-order valence-electron chi connectivity index (χ0n) is 16.3. The molecule has 0 fully saturated rings. The highest BCUT2D eigenvalue weighted by molar-refractivity contribution is 6.99. The van der Waals surface area contributed by atoms with Crippen LogP contribution in [-0.4, -0.2) is 20.7 Å². The van der Waals surface area contributed by atoms with Crippen molar-refractivity contribution in [3.63, 3.8) is 0 Å². The molecule has 0 radical (unpaired) electrons. The minimum Gasteiger partial charge on any atom is -0.397 e. The Bertz CT molecular complexity index is 752. The van der Waals surface area contributed by atoms with Crippen molar-refractivity contribution in [1.82, 2.24) is 0 Å². The van der Waals surface area contributed by atoms with Crippen LogP contribution in [0.1, 0.15) is 27.2 Å². The molecule has 0 aliphatic heterocycles. The molecule has 0 heterocycles. The number of hydrogen-bond donors (Lipinski definition) is 0. The van der Waals surface area contributed by atoms with Crippen molar-refractivity contribution < 1.29 is 9.22 Å². The molecule has 0 saturated carbocycles. The van der Waals surface area contributed by atoms with Gasteiger partial charge in [-0.15, -0.1) is 0 Å². The maximum atomic E-state index is 12.0. The Hall–Kier alpha value is -2.23. The second-order valence-electron chi connectivity index (χ2n) is 8.13. The number of carbonyl (C=O) groups is 1. The Morgan fingerprint density at radius 2 is 1.41 bits per heavy atom. The van der Waals surface area contributed by atoms with E-state index in [4.69, 9.17) is 4.43 Å². The Balaban J connectivity index is 2.25. The first kappa shape index (κ1) is 19.5. The Morgan fingerprint density at radius 3 is 1.81 bits per heavy atom. The van der Waals surface area contributed by atoms with E-state index in [-0.39, 0.29) is 11.0 Å². The van der Waals surface area contributed by atoms with Crippen molar-refractivity contribution >= 4 is 25.0 Å². The summed E-state index contributed by atoms with van der Waals surface area (Å²) in [6.45, 7) is 6.19. The molecule has 3 heteroatoms. The summed E-state index contributed by atoms with van der Waals surface area (Å²) in [6.07, 6.45) is 10.4. The van der Waals surface area contributed by atoms with Gasteiger partial charge in [-0.1, -0.05) is 106 Å². The summed E-state index contributed by atoms with van der Waals surface area (Å²) in [5.74, 6) is 0. The summed E-state index contributed by atoms with van der Waals surface area (Å²) in [6, 6.07) is 20.9. The lowest BCUT2D eigenvalue weighted by Crippen LogP contribution is -2.66. The van der Waals surface area contributed by atoms with E-state index in [0.717, 1.165) is 12.7 Å². The molecule has 1 unspecified atom stereocenters. The van der Waals surface area contributed by atoms with E-state index < -0.39 is 14.4 Å². The van der Waals surface area contributed by atoms with Crippen molar-refractivity contribution in [1.29, 1.82) is 0 Å². The molecule has 2 nitrogen and oxygen atoms in total. The van der Waals surface area contributed by atoms with Crippen molar-refractivity contribution in [2.75, 3.05) is 0 Å². The number of rotatable bonds is 6. The fourth-order valence-electron chi connectivity index (χ4n) is 3.61. The van der Waals surface area contributed by atoms with E-state index >= 15 is 0 Å². The van der Waals surface area contributed by atoms with Crippen LogP contribution in [0.2, 0.25) is 5.54 Å². The monoisotopic (exact) mass is 376 g/mol. The van der Waals surface area contributed by atoms with Gasteiger partial charge in [0.2, 0.25) is 0 Å². The fourth-order valence-corrected chi connectivity index (χ4v) is 8.14. The van der Waals surface area contributed by atoms with Crippen LogP contribution in [0, 0.1) is 5.41 Å². The van der Waals surface area contributed by atoms with Crippen molar-refractivity contribution in [3.05, 3.63) is 85.0 Å². The second kappa shape index (κ2) is 8.20. The molecule has 1 atom stereocenters. The van der Waals surface area contributed by atoms with E-state index in [2.05, 4.69) is 93.6 Å². The lowest BCUT2D eigenvalue weighted by atomic mass is 9.90. The van der Waals surface area contributed by atoms with E-state index in [1.54, 1.807) is 0 Å². The summed E-state index contributed by atoms with van der Waals surface area (Å²) in [5, 5.41) is 2.38. The van der Waals surface area contributed by atoms with E-state index in [1.807, 2.05) is 12.1 Å². The largest absolute Gasteiger partial charge is 0.397 e. The number of benzene rings is 2. The summed E-state index contributed by atoms with van der Waals surface area (Å²) >= 11 is 0. The molecule has 0 spiro atoms. The van der Waals surface area contributed by atoms with Crippen molar-refractivity contribution in [2.45, 2.75) is 38.8 Å². The Morgan fingerprint density at radius 1 is 0.926 bits per heavy atom. The Labute approximate surface area is 163 Å². The summed E-state index contributed by atoms with van der Waals surface area (Å²) < 4.78 is 6.93. The molecule has 1 aliphatic carbocycles. The van der Waals surface area contributed by atoms with Crippen LogP contribution in [0.5, 0.6) is 0 Å². The van der Waals surface area contributed by atoms with Crippen LogP contribution in [0.3, 0.4) is 0 Å². The molecule has 0 N–H and O–H groups in total. The molecule has 0 amide bonds. The van der Waals surface area contributed by atoms with Crippen LogP contribution >= 0.6 is 0 Å². The second-order valence-corrected chi connectivity index (χ2v) is 11.7. The average molecular weight is 377 g/mol. The smallest absolute Gasteiger partial charge is 0.267 e. The molecule has 27 heavy (non-hydrogen) atoms. The van der Waals surface area contributed by atoms with E-state index in [0.29, 0.717) is 0 Å². The first-order valence-electron chi connectivity index (χ1n) is 9.56. The first-order chi connectivity index (χ1) is 13.0. The van der Waals surface area contributed by atoms with Crippen LogP contribution < -0.4 is 10.4 Å². The van der Waals surface area contributed by atoms with Crippen LogP contribution in [-0.2, 0) is 9.22 Å². The minimum atomic E-state index is -2.75. The highest BCUT2D eigenvalue weighted by Gasteiger charge is 2.48. The van der Waals surface area contributed by atoms with Gasteiger partial charge in [0.15, 0.2) is 0 Å². The summed E-state index contributed by atoms with van der Waals surface area (Å²) in [7, 11) is -2.75. The van der Waals surface area contributed by atoms with Crippen molar-refractivity contribution in [3.8, 4) is 0 Å². The molecule has 2 aromatic rings. The highest BCUT2D eigenvalue weighted by Crippen LogP contribution is 2.33. The Kier molecular flexibility index (Phi) is 5.93. The van der Waals surface area contributed by atoms with Gasteiger partial charge < -0.3 is 9.22 Å². The molecule has 0 aromatic heterocycles. The standard InChI is InChI=1S/C24H28O2Si/c1-24(2,3)23(19-25)26-27(20-13-7-4-8-14-20,21-15-9-5-10-16-21)22-17-11-6-12-18-22/h4-5,7-19,22-23H,6H2,1-3H3. The van der Waals surface area contributed by atoms with Crippen LogP contribution in [0.4, 0.5) is 0 Å². The molecule has 1 aliphatic rings. The molecule has 3 rings (SSSR count). The topological polar surface area (TPSA) is 26.3 Å². The van der Waals surface area contributed by atoms with Gasteiger partial charge in [-0.25, -0.2) is 0 Å². The van der Waals surface area contributed by atoms with Gasteiger partial charge in [-0.3, -0.25) is 0 Å². The van der Waals surface area contributed by atoms with Crippen molar-refractivity contribution in [2.24, 2.45) is 5.41 Å². The molecule has 0 bridgehead atoms. The van der Waals surface area contributed by atoms with Gasteiger partial charge in [0, 0.05) is 5.54 Å². The number of aldehydes is 1. The third-order valence-electron chi connectivity index (χ3n) is 5.12. The number of hydrogen-bond acceptors (Lipinski definition) is 2. The molecule has 0 saturated heterocycles. The maximum absolute atomic E-state index is 12.0. The summed E-state index contributed by atoms with van der Waals surface area (Å²) in [5.41, 5.74) is -0.132. The van der Waals surface area contributed by atoms with Gasteiger partial charge in [-0.05, 0) is 22.2 Å². The van der Waals surface area contributed by atoms with Gasteiger partial charge in [0.05, 0.1) is 0 Å². The number of carbonyl (C=O) groups excluding carboxylic acids is 1.